The minimum atomic E-state index is 0.323. The molecule has 0 aliphatic carbocycles. The summed E-state index contributed by atoms with van der Waals surface area (Å²) in [5.41, 5.74) is 3.88. The van der Waals surface area contributed by atoms with Crippen LogP contribution in [0.15, 0.2) is 64.5 Å². The fourth-order valence-electron chi connectivity index (χ4n) is 4.90. The number of halogens is 1. The van der Waals surface area contributed by atoms with E-state index in [1.54, 1.807) is 29.0 Å². The molecule has 0 N–H and O–H groups in total. The lowest BCUT2D eigenvalue weighted by Gasteiger charge is -2.35. The molecule has 1 fully saturated rings. The van der Waals surface area contributed by atoms with Crippen LogP contribution < -0.4 is 19.3 Å². The highest BCUT2D eigenvalue weighted by Crippen LogP contribution is 2.37. The third kappa shape index (κ3) is 5.14. The number of ether oxygens (including phenoxy) is 2. The fourth-order valence-corrected chi connectivity index (χ4v) is 5.93. The maximum atomic E-state index is 6.28. The van der Waals surface area contributed by atoms with E-state index in [0.29, 0.717) is 40.3 Å². The van der Waals surface area contributed by atoms with E-state index in [4.69, 9.17) is 30.5 Å². The fraction of sp³-hybridized carbons (Fsp3) is 0.241. The number of methoxy groups -OCH3 is 1. The summed E-state index contributed by atoms with van der Waals surface area (Å²) in [6.45, 7) is 5.69. The largest absolute Gasteiger partial charge is 0.496 e. The van der Waals surface area contributed by atoms with Crippen LogP contribution in [0.25, 0.3) is 28.1 Å². The first-order valence-electron chi connectivity index (χ1n) is 13.2. The number of nitrogens with zero attached hydrogens (tertiary/aromatic N) is 7. The summed E-state index contributed by atoms with van der Waals surface area (Å²) < 4.78 is 19.7. The van der Waals surface area contributed by atoms with Gasteiger partial charge in [-0.2, -0.15) is 5.10 Å². The van der Waals surface area contributed by atoms with Crippen molar-refractivity contribution in [2.45, 2.75) is 13.5 Å². The average molecular weight is 588 g/mol. The first-order chi connectivity index (χ1) is 20.0. The minimum Gasteiger partial charge on any atom is -0.496 e. The number of fused-ring (bicyclic) bond motifs is 2. The second-order valence-electron chi connectivity index (χ2n) is 9.75. The third-order valence-corrected chi connectivity index (χ3v) is 8.17. The van der Waals surface area contributed by atoms with Crippen LogP contribution in [0.1, 0.15) is 11.4 Å². The molecule has 1 aliphatic rings. The molecule has 41 heavy (non-hydrogen) atoms. The second kappa shape index (κ2) is 10.6. The number of thiazole rings is 1. The molecule has 0 atom stereocenters. The zero-order valence-electron chi connectivity index (χ0n) is 22.5. The molecule has 0 amide bonds. The summed E-state index contributed by atoms with van der Waals surface area (Å²) in [7, 11) is 1.62. The van der Waals surface area contributed by atoms with Crippen molar-refractivity contribution in [3.63, 3.8) is 0 Å². The Morgan fingerprint density at radius 1 is 1.00 bits per heavy atom. The smallest absolute Gasteiger partial charge is 0.185 e. The number of pyridine rings is 1. The predicted octanol–water partition coefficient (Wildman–Crippen LogP) is 5.87. The number of furan rings is 1. The first-order valence-corrected chi connectivity index (χ1v) is 14.4. The highest BCUT2D eigenvalue weighted by atomic mass is 35.5. The molecular weight excluding hydrogens is 562 g/mol. The predicted molar refractivity (Wildman–Crippen MR) is 160 cm³/mol. The third-order valence-electron chi connectivity index (χ3n) is 7.00. The van der Waals surface area contributed by atoms with Crippen LogP contribution in [0.3, 0.4) is 0 Å². The van der Waals surface area contributed by atoms with E-state index >= 15 is 0 Å². The van der Waals surface area contributed by atoms with Gasteiger partial charge in [0.25, 0.3) is 0 Å². The van der Waals surface area contributed by atoms with Crippen LogP contribution in [0.5, 0.6) is 11.5 Å². The number of hydrogen-bond donors (Lipinski definition) is 0. The molecule has 208 valence electrons. The Morgan fingerprint density at radius 3 is 2.68 bits per heavy atom. The van der Waals surface area contributed by atoms with Gasteiger partial charge in [0, 0.05) is 43.7 Å². The first kappa shape index (κ1) is 25.6. The number of benzene rings is 1. The van der Waals surface area contributed by atoms with Crippen molar-refractivity contribution < 1.29 is 13.9 Å². The van der Waals surface area contributed by atoms with Crippen LogP contribution in [0.2, 0.25) is 5.15 Å². The Balaban J connectivity index is 1.07. The van der Waals surface area contributed by atoms with E-state index in [-0.39, 0.29) is 0 Å². The zero-order chi connectivity index (χ0) is 27.9. The number of hydrogen-bond acceptors (Lipinski definition) is 10. The van der Waals surface area contributed by atoms with Crippen molar-refractivity contribution in [2.75, 3.05) is 43.1 Å². The highest BCUT2D eigenvalue weighted by molar-refractivity contribution is 7.13. The maximum Gasteiger partial charge on any atom is 0.185 e. The van der Waals surface area contributed by atoms with Gasteiger partial charge in [0.05, 0.1) is 30.1 Å². The van der Waals surface area contributed by atoms with Crippen molar-refractivity contribution in [1.29, 1.82) is 0 Å². The Hall–Kier alpha value is -4.35. The SMILES string of the molecule is COc1cc(OCc2csc(N3CCN(c4cccc(Cl)n4)CC3)n2)c2cc(-c3cn4nc(C)ccc4n3)oc2c1. The molecule has 0 radical (unpaired) electrons. The van der Waals surface area contributed by atoms with Gasteiger partial charge in [-0.05, 0) is 37.3 Å². The van der Waals surface area contributed by atoms with Gasteiger partial charge < -0.3 is 23.7 Å². The lowest BCUT2D eigenvalue weighted by molar-refractivity contribution is 0.303. The molecule has 1 saturated heterocycles. The number of imidazole rings is 1. The van der Waals surface area contributed by atoms with Crippen LogP contribution in [-0.4, -0.2) is 57.9 Å². The summed E-state index contributed by atoms with van der Waals surface area (Å²) in [4.78, 5) is 18.5. The van der Waals surface area contributed by atoms with Gasteiger partial charge in [-0.25, -0.2) is 19.5 Å². The molecule has 6 aromatic rings. The zero-order valence-corrected chi connectivity index (χ0v) is 24.0. The van der Waals surface area contributed by atoms with Crippen LogP contribution in [-0.2, 0) is 6.61 Å². The van der Waals surface area contributed by atoms with E-state index in [0.717, 1.165) is 59.5 Å². The number of anilines is 2. The van der Waals surface area contributed by atoms with E-state index in [2.05, 4.69) is 24.9 Å². The van der Waals surface area contributed by atoms with Crippen LogP contribution in [0.4, 0.5) is 10.9 Å². The van der Waals surface area contributed by atoms with Crippen molar-refractivity contribution in [2.24, 2.45) is 0 Å². The topological polar surface area (TPSA) is 94.1 Å². The molecule has 5 aromatic heterocycles. The van der Waals surface area contributed by atoms with Gasteiger partial charge in [0.2, 0.25) is 0 Å². The van der Waals surface area contributed by atoms with Gasteiger partial charge in [-0.1, -0.05) is 17.7 Å². The number of piperazine rings is 1. The van der Waals surface area contributed by atoms with Gasteiger partial charge in [0.15, 0.2) is 16.5 Å². The van der Waals surface area contributed by atoms with E-state index in [1.807, 2.05) is 61.0 Å². The van der Waals surface area contributed by atoms with Gasteiger partial charge in [-0.15, -0.1) is 11.3 Å². The number of rotatable bonds is 7. The van der Waals surface area contributed by atoms with Gasteiger partial charge >= 0.3 is 0 Å². The summed E-state index contributed by atoms with van der Waals surface area (Å²) >= 11 is 7.70. The Kier molecular flexibility index (Phi) is 6.60. The Bertz CT molecular complexity index is 1860. The summed E-state index contributed by atoms with van der Waals surface area (Å²) in [5, 5.41) is 8.87. The molecule has 1 aromatic carbocycles. The lowest BCUT2D eigenvalue weighted by Crippen LogP contribution is -2.46. The molecule has 12 heteroatoms. The second-order valence-corrected chi connectivity index (χ2v) is 11.0. The van der Waals surface area contributed by atoms with Crippen molar-refractivity contribution in [3.05, 3.63) is 76.6 Å². The summed E-state index contributed by atoms with van der Waals surface area (Å²) in [5.74, 6) is 2.84. The van der Waals surface area contributed by atoms with E-state index < -0.39 is 0 Å². The molecule has 7 rings (SSSR count). The average Bonchev–Trinajstić information content (AvgIpc) is 3.74. The molecule has 10 nitrogen and oxygen atoms in total. The molecule has 0 spiro atoms. The molecule has 0 unspecified atom stereocenters. The Morgan fingerprint density at radius 2 is 1.85 bits per heavy atom. The van der Waals surface area contributed by atoms with E-state index in [1.165, 1.54) is 0 Å². The van der Waals surface area contributed by atoms with E-state index in [9.17, 15) is 0 Å². The number of aromatic nitrogens is 5. The van der Waals surface area contributed by atoms with Crippen LogP contribution >= 0.6 is 22.9 Å². The van der Waals surface area contributed by atoms with Crippen molar-refractivity contribution in [1.82, 2.24) is 24.6 Å². The molecule has 1 aliphatic heterocycles. The van der Waals surface area contributed by atoms with Crippen molar-refractivity contribution >= 4 is 50.5 Å². The summed E-state index contributed by atoms with van der Waals surface area (Å²) in [6, 6.07) is 15.3. The van der Waals surface area contributed by atoms with Gasteiger partial charge in [-0.3, -0.25) is 0 Å². The Labute approximate surface area is 244 Å². The monoisotopic (exact) mass is 587 g/mol. The minimum absolute atomic E-state index is 0.323. The maximum absolute atomic E-state index is 6.28. The van der Waals surface area contributed by atoms with Gasteiger partial charge in [0.1, 0.15) is 40.4 Å². The lowest BCUT2D eigenvalue weighted by atomic mass is 10.2. The quantitative estimate of drug-likeness (QED) is 0.213. The number of aryl methyl sites for hydroxylation is 1. The molecule has 0 saturated carbocycles. The molecule has 6 heterocycles. The molecule has 0 bridgehead atoms. The molecular formula is C29H26ClN7O3S. The van der Waals surface area contributed by atoms with Crippen LogP contribution in [0, 0.1) is 6.92 Å². The highest BCUT2D eigenvalue weighted by Gasteiger charge is 2.21. The summed E-state index contributed by atoms with van der Waals surface area (Å²) in [6.07, 6.45) is 1.86. The van der Waals surface area contributed by atoms with Crippen molar-refractivity contribution in [3.8, 4) is 23.0 Å². The normalized spacial score (nSPS) is 13.8. The standard InChI is InChI=1S/C29H26ClN7O3S/c1-18-6-7-28-32-22(15-37(28)34-18)25-14-21-23(12-20(38-2)13-24(21)40-25)39-16-19-17-41-29(31-19)36-10-8-35(9-11-36)27-5-3-4-26(30)33-27/h3-7,12-15,17H,8-11,16H2,1-2H3.